The Morgan fingerprint density at radius 2 is 2.29 bits per heavy atom. The summed E-state index contributed by atoms with van der Waals surface area (Å²) in [6, 6.07) is 4.44. The van der Waals surface area contributed by atoms with Gasteiger partial charge in [-0.15, -0.1) is 0 Å². The number of benzene rings is 1. The largest absolute Gasteiger partial charge is 0.478 e. The smallest absolute Gasteiger partial charge is 0.338 e. The maximum Gasteiger partial charge on any atom is 0.338 e. The number of rotatable bonds is 2. The number of hydrogen-bond acceptors (Lipinski definition) is 2. The van der Waals surface area contributed by atoms with Crippen LogP contribution >= 0.6 is 0 Å². The summed E-state index contributed by atoms with van der Waals surface area (Å²) in [5.41, 5.74) is 0.700. The first-order valence-electron chi connectivity index (χ1n) is 5.83. The summed E-state index contributed by atoms with van der Waals surface area (Å²) in [4.78, 5) is 10.9. The summed E-state index contributed by atoms with van der Waals surface area (Å²) in [6.07, 6.45) is 0.964. The van der Waals surface area contributed by atoms with Crippen molar-refractivity contribution in [3.05, 3.63) is 35.1 Å². The Bertz CT molecular complexity index is 433. The van der Waals surface area contributed by atoms with Gasteiger partial charge in [0, 0.05) is 0 Å². The molecule has 1 heterocycles. The molecule has 0 bridgehead atoms. The average Bonchev–Trinajstić information content (AvgIpc) is 2.30. The van der Waals surface area contributed by atoms with E-state index in [1.165, 1.54) is 12.1 Å². The second-order valence-electron chi connectivity index (χ2n) is 4.62. The SMILES string of the molecule is C[C@H]1CNCC[C@H]1c1ccc(F)c(C(=O)O)c1. The van der Waals surface area contributed by atoms with Crippen LogP contribution in [-0.2, 0) is 0 Å². The number of piperidine rings is 1. The highest BCUT2D eigenvalue weighted by molar-refractivity contribution is 5.88. The molecule has 1 aliphatic heterocycles. The van der Waals surface area contributed by atoms with Crippen molar-refractivity contribution in [1.29, 1.82) is 0 Å². The number of aromatic carboxylic acids is 1. The lowest BCUT2D eigenvalue weighted by atomic mass is 9.82. The molecule has 0 unspecified atom stereocenters. The number of carboxylic acids is 1. The van der Waals surface area contributed by atoms with Crippen molar-refractivity contribution >= 4 is 5.97 Å². The molecule has 0 radical (unpaired) electrons. The Balaban J connectivity index is 2.32. The Hall–Kier alpha value is -1.42. The van der Waals surface area contributed by atoms with E-state index >= 15 is 0 Å². The number of carboxylic acid groups (broad SMARTS) is 1. The number of carbonyl (C=O) groups is 1. The molecule has 0 amide bonds. The standard InChI is InChI=1S/C13H16FNO2/c1-8-7-15-5-4-10(8)9-2-3-12(14)11(6-9)13(16)17/h2-3,6,8,10,15H,4-5,7H2,1H3,(H,16,17)/t8-,10+/m0/s1. The zero-order valence-corrected chi connectivity index (χ0v) is 9.74. The third-order valence-corrected chi connectivity index (χ3v) is 3.43. The highest BCUT2D eigenvalue weighted by atomic mass is 19.1. The highest BCUT2D eigenvalue weighted by Gasteiger charge is 2.24. The summed E-state index contributed by atoms with van der Waals surface area (Å²) in [5.74, 6) is -1.11. The molecule has 3 nitrogen and oxygen atoms in total. The molecule has 1 fully saturated rings. The van der Waals surface area contributed by atoms with Gasteiger partial charge in [0.25, 0.3) is 0 Å². The van der Waals surface area contributed by atoms with Crippen LogP contribution in [0.3, 0.4) is 0 Å². The molecule has 92 valence electrons. The van der Waals surface area contributed by atoms with Crippen molar-refractivity contribution in [3.8, 4) is 0 Å². The van der Waals surface area contributed by atoms with Gasteiger partial charge in [-0.2, -0.15) is 0 Å². The predicted octanol–water partition coefficient (Wildman–Crippen LogP) is 2.24. The lowest BCUT2D eigenvalue weighted by molar-refractivity contribution is 0.0691. The summed E-state index contributed by atoms with van der Waals surface area (Å²) < 4.78 is 13.3. The van der Waals surface area contributed by atoms with Crippen LogP contribution in [0.25, 0.3) is 0 Å². The van der Waals surface area contributed by atoms with E-state index in [4.69, 9.17) is 5.11 Å². The first-order valence-corrected chi connectivity index (χ1v) is 5.83. The van der Waals surface area contributed by atoms with Crippen LogP contribution in [0.5, 0.6) is 0 Å². The summed E-state index contributed by atoms with van der Waals surface area (Å²) in [5, 5.41) is 12.2. The van der Waals surface area contributed by atoms with E-state index in [9.17, 15) is 9.18 Å². The molecule has 1 aliphatic rings. The quantitative estimate of drug-likeness (QED) is 0.829. The van der Waals surface area contributed by atoms with Crippen molar-refractivity contribution in [2.75, 3.05) is 13.1 Å². The zero-order valence-electron chi connectivity index (χ0n) is 9.74. The minimum absolute atomic E-state index is 0.228. The van der Waals surface area contributed by atoms with Gasteiger partial charge < -0.3 is 10.4 Å². The fraction of sp³-hybridized carbons (Fsp3) is 0.462. The third-order valence-electron chi connectivity index (χ3n) is 3.43. The van der Waals surface area contributed by atoms with E-state index in [1.807, 2.05) is 0 Å². The normalized spacial score (nSPS) is 24.6. The van der Waals surface area contributed by atoms with E-state index in [1.54, 1.807) is 6.07 Å². The zero-order chi connectivity index (χ0) is 12.4. The fourth-order valence-corrected chi connectivity index (χ4v) is 2.45. The number of hydrogen-bond donors (Lipinski definition) is 2. The van der Waals surface area contributed by atoms with Gasteiger partial charge in [0.1, 0.15) is 5.82 Å². The molecular weight excluding hydrogens is 221 g/mol. The Labute approximate surface area is 99.7 Å². The molecule has 2 rings (SSSR count). The van der Waals surface area contributed by atoms with Crippen LogP contribution in [-0.4, -0.2) is 24.2 Å². The molecular formula is C13H16FNO2. The second kappa shape index (κ2) is 4.84. The first kappa shape index (κ1) is 12.0. The Morgan fingerprint density at radius 3 is 2.94 bits per heavy atom. The van der Waals surface area contributed by atoms with E-state index in [0.29, 0.717) is 11.8 Å². The minimum atomic E-state index is -1.20. The van der Waals surface area contributed by atoms with Crippen LogP contribution in [0.4, 0.5) is 4.39 Å². The van der Waals surface area contributed by atoms with Gasteiger partial charge in [-0.25, -0.2) is 9.18 Å². The van der Waals surface area contributed by atoms with Gasteiger partial charge in [-0.1, -0.05) is 13.0 Å². The van der Waals surface area contributed by atoms with Gasteiger partial charge in [-0.05, 0) is 49.0 Å². The Kier molecular flexibility index (Phi) is 3.43. The maximum atomic E-state index is 13.3. The molecule has 0 spiro atoms. The molecule has 0 saturated carbocycles. The summed E-state index contributed by atoms with van der Waals surface area (Å²) in [7, 11) is 0. The molecule has 2 atom stereocenters. The fourth-order valence-electron chi connectivity index (χ4n) is 2.45. The van der Waals surface area contributed by atoms with Crippen molar-refractivity contribution in [2.45, 2.75) is 19.3 Å². The van der Waals surface area contributed by atoms with Gasteiger partial charge >= 0.3 is 5.97 Å². The van der Waals surface area contributed by atoms with Crippen molar-refractivity contribution in [1.82, 2.24) is 5.32 Å². The second-order valence-corrected chi connectivity index (χ2v) is 4.62. The van der Waals surface area contributed by atoms with Crippen LogP contribution in [0, 0.1) is 11.7 Å². The van der Waals surface area contributed by atoms with E-state index < -0.39 is 11.8 Å². The summed E-state index contributed by atoms with van der Waals surface area (Å²) in [6.45, 7) is 3.97. The molecule has 4 heteroatoms. The predicted molar refractivity (Wildman–Crippen MR) is 62.8 cm³/mol. The monoisotopic (exact) mass is 237 g/mol. The van der Waals surface area contributed by atoms with Crippen molar-refractivity contribution < 1.29 is 14.3 Å². The van der Waals surface area contributed by atoms with Gasteiger partial charge in [0.2, 0.25) is 0 Å². The van der Waals surface area contributed by atoms with Gasteiger partial charge in [0.15, 0.2) is 0 Å². The van der Waals surface area contributed by atoms with Crippen molar-refractivity contribution in [3.63, 3.8) is 0 Å². The van der Waals surface area contributed by atoms with E-state index in [-0.39, 0.29) is 5.56 Å². The van der Waals surface area contributed by atoms with E-state index in [2.05, 4.69) is 12.2 Å². The van der Waals surface area contributed by atoms with E-state index in [0.717, 1.165) is 25.1 Å². The molecule has 17 heavy (non-hydrogen) atoms. The van der Waals surface area contributed by atoms with Crippen LogP contribution in [0.15, 0.2) is 18.2 Å². The van der Waals surface area contributed by atoms with Crippen molar-refractivity contribution in [2.24, 2.45) is 5.92 Å². The number of halogens is 1. The topological polar surface area (TPSA) is 49.3 Å². The molecule has 2 N–H and O–H groups in total. The molecule has 0 aliphatic carbocycles. The summed E-state index contributed by atoms with van der Waals surface area (Å²) >= 11 is 0. The molecule has 0 aromatic heterocycles. The molecule has 1 aromatic rings. The van der Waals surface area contributed by atoms with Crippen LogP contribution < -0.4 is 5.32 Å². The maximum absolute atomic E-state index is 13.3. The highest BCUT2D eigenvalue weighted by Crippen LogP contribution is 2.30. The lowest BCUT2D eigenvalue weighted by Gasteiger charge is -2.30. The molecule has 1 aromatic carbocycles. The van der Waals surface area contributed by atoms with Gasteiger partial charge in [0.05, 0.1) is 5.56 Å². The minimum Gasteiger partial charge on any atom is -0.478 e. The van der Waals surface area contributed by atoms with Crippen LogP contribution in [0.1, 0.15) is 35.2 Å². The Morgan fingerprint density at radius 1 is 1.53 bits per heavy atom. The molecule has 1 saturated heterocycles. The average molecular weight is 237 g/mol. The van der Waals surface area contributed by atoms with Gasteiger partial charge in [-0.3, -0.25) is 0 Å². The van der Waals surface area contributed by atoms with Crippen LogP contribution in [0.2, 0.25) is 0 Å². The first-order chi connectivity index (χ1) is 8.09. The lowest BCUT2D eigenvalue weighted by Crippen LogP contribution is -2.33. The third kappa shape index (κ3) is 2.47. The number of nitrogens with one attached hydrogen (secondary N) is 1.